The molecule has 0 spiro atoms. The topological polar surface area (TPSA) is 39.2 Å². The minimum atomic E-state index is -2.55. The Morgan fingerprint density at radius 3 is 1.64 bits per heavy atom. The van der Waals surface area contributed by atoms with Crippen molar-refractivity contribution in [2.45, 2.75) is 5.66 Å². The Labute approximate surface area is 201 Å². The number of pyridine rings is 1. The number of nitrogens with zero attached hydrogens (tertiary/aromatic N) is 1. The van der Waals surface area contributed by atoms with Crippen LogP contribution in [0.3, 0.4) is 0 Å². The van der Waals surface area contributed by atoms with E-state index in [1.807, 2.05) is 72.8 Å². The van der Waals surface area contributed by atoms with Crippen LogP contribution in [0.15, 0.2) is 128 Å². The number of carbonyl (C=O) groups excluding carboxylic acids is 1. The van der Waals surface area contributed by atoms with Gasteiger partial charge < -0.3 is 17.1 Å². The fourth-order valence-corrected chi connectivity index (χ4v) is 8.78. The van der Waals surface area contributed by atoms with E-state index >= 15 is 0 Å². The van der Waals surface area contributed by atoms with Crippen LogP contribution in [-0.4, -0.2) is 17.6 Å². The zero-order valence-electron chi connectivity index (χ0n) is 18.1. The fourth-order valence-electron chi connectivity index (χ4n) is 4.12. The van der Waals surface area contributed by atoms with Gasteiger partial charge in [-0.3, -0.25) is 4.98 Å². The van der Waals surface area contributed by atoms with Crippen LogP contribution in [0.25, 0.3) is 0 Å². The van der Waals surface area contributed by atoms with Gasteiger partial charge >= 0.3 is 5.97 Å². The van der Waals surface area contributed by atoms with Crippen molar-refractivity contribution in [3.05, 3.63) is 134 Å². The van der Waals surface area contributed by atoms with Crippen LogP contribution < -0.4 is 28.3 Å². The van der Waals surface area contributed by atoms with E-state index in [1.165, 1.54) is 0 Å². The highest BCUT2D eigenvalue weighted by Gasteiger charge is 2.58. The molecule has 3 aromatic carbocycles. The largest absolute Gasteiger partial charge is 1.00 e. The predicted molar refractivity (Wildman–Crippen MR) is 133 cm³/mol. The third-order valence-corrected chi connectivity index (χ3v) is 10.0. The van der Waals surface area contributed by atoms with E-state index in [-0.39, 0.29) is 25.0 Å². The van der Waals surface area contributed by atoms with E-state index in [2.05, 4.69) is 48.0 Å². The highest BCUT2D eigenvalue weighted by Crippen LogP contribution is 2.66. The summed E-state index contributed by atoms with van der Waals surface area (Å²) in [7, 11) is -2.55. The van der Waals surface area contributed by atoms with Crippen LogP contribution in [0, 0.1) is 0 Å². The molecule has 0 radical (unpaired) electrons. The van der Waals surface area contributed by atoms with Gasteiger partial charge in [0.2, 0.25) is 5.66 Å². The van der Waals surface area contributed by atoms with Crippen molar-refractivity contribution in [3.8, 4) is 0 Å². The summed E-state index contributed by atoms with van der Waals surface area (Å²) in [6, 6.07) is 36.6. The molecule has 166 valence electrons. The van der Waals surface area contributed by atoms with Crippen LogP contribution >= 0.6 is 7.26 Å². The maximum absolute atomic E-state index is 13.8. The molecule has 4 aromatic rings. The van der Waals surface area contributed by atoms with E-state index in [9.17, 15) is 4.79 Å². The van der Waals surface area contributed by atoms with Gasteiger partial charge in [-0.25, -0.2) is 4.79 Å². The molecule has 0 saturated carbocycles. The molecule has 0 aliphatic heterocycles. The lowest BCUT2D eigenvalue weighted by atomic mass is 10.2. The first-order valence-electron chi connectivity index (χ1n) is 10.5. The molecule has 1 unspecified atom stereocenters. The van der Waals surface area contributed by atoms with Gasteiger partial charge in [-0.1, -0.05) is 73.3 Å². The summed E-state index contributed by atoms with van der Waals surface area (Å²) in [6.45, 7) is 3.87. The van der Waals surface area contributed by atoms with Gasteiger partial charge in [-0.2, -0.15) is 0 Å². The zero-order chi connectivity index (χ0) is 22.2. The van der Waals surface area contributed by atoms with Crippen molar-refractivity contribution in [1.82, 2.24) is 4.98 Å². The summed E-state index contributed by atoms with van der Waals surface area (Å²) in [5, 5.41) is 3.30. The molecule has 0 saturated heterocycles. The Bertz CT molecular complexity index is 1060. The molecule has 0 fully saturated rings. The Morgan fingerprint density at radius 2 is 1.24 bits per heavy atom. The second kappa shape index (κ2) is 11.6. The number of carbonyl (C=O) groups is 1. The van der Waals surface area contributed by atoms with Crippen LogP contribution in [0.4, 0.5) is 0 Å². The van der Waals surface area contributed by atoms with E-state index in [0.717, 1.165) is 15.9 Å². The van der Waals surface area contributed by atoms with E-state index < -0.39 is 12.9 Å². The molecule has 3 nitrogen and oxygen atoms in total. The minimum absolute atomic E-state index is 0. The van der Waals surface area contributed by atoms with Crippen molar-refractivity contribution in [1.29, 1.82) is 0 Å². The normalized spacial score (nSPS) is 11.6. The fraction of sp³-hybridized carbons (Fsp3) is 0.0714. The van der Waals surface area contributed by atoms with Gasteiger partial charge in [-0.15, -0.1) is 0 Å². The summed E-state index contributed by atoms with van der Waals surface area (Å²) in [4.78, 5) is 18.4. The Hall–Kier alpha value is -3.26. The molecule has 1 heterocycles. The molecule has 1 aromatic heterocycles. The molecule has 33 heavy (non-hydrogen) atoms. The Kier molecular flexibility index (Phi) is 8.54. The van der Waals surface area contributed by atoms with Crippen molar-refractivity contribution in [2.24, 2.45) is 0 Å². The molecule has 0 bridgehead atoms. The highest BCUT2D eigenvalue weighted by atomic mass is 35.5. The standard InChI is InChI=1S/C28H25NO2P.ClH/c1-2-22-31-28(30)27(26-20-12-13-21-29-26)32(23-14-6-3-7-15-23,24-16-8-4-9-17-24)25-18-10-5-11-19-25;/h2-21,27H,1,22H2;1H/q+1;/p-1. The monoisotopic (exact) mass is 473 g/mol. The van der Waals surface area contributed by atoms with Gasteiger partial charge in [0.1, 0.15) is 29.8 Å². The molecule has 5 heteroatoms. The number of hydrogen-bond donors (Lipinski definition) is 0. The first-order chi connectivity index (χ1) is 15.8. The number of rotatable bonds is 8. The first kappa shape index (κ1) is 24.4. The average Bonchev–Trinajstić information content (AvgIpc) is 2.88. The van der Waals surface area contributed by atoms with Crippen LogP contribution in [0.2, 0.25) is 0 Å². The van der Waals surface area contributed by atoms with Crippen molar-refractivity contribution in [2.75, 3.05) is 6.61 Å². The summed E-state index contributed by atoms with van der Waals surface area (Å²) in [6.07, 6.45) is 3.33. The maximum Gasteiger partial charge on any atom is 0.354 e. The number of halogens is 1. The number of benzene rings is 3. The molecular formula is C28H25ClNO2P. The van der Waals surface area contributed by atoms with Gasteiger partial charge in [-0.05, 0) is 48.5 Å². The lowest BCUT2D eigenvalue weighted by Gasteiger charge is -2.33. The third kappa shape index (κ3) is 4.90. The Balaban J connectivity index is 0.00000306. The molecular weight excluding hydrogens is 449 g/mol. The van der Waals surface area contributed by atoms with Crippen molar-refractivity contribution >= 4 is 29.1 Å². The molecule has 0 aliphatic carbocycles. The van der Waals surface area contributed by atoms with Gasteiger partial charge in [0.25, 0.3) is 0 Å². The molecule has 0 amide bonds. The zero-order valence-corrected chi connectivity index (χ0v) is 19.8. The second-order valence-electron chi connectivity index (χ2n) is 7.31. The maximum atomic E-state index is 13.8. The van der Waals surface area contributed by atoms with Crippen LogP contribution in [0.5, 0.6) is 0 Å². The quantitative estimate of drug-likeness (QED) is 0.223. The van der Waals surface area contributed by atoms with Crippen molar-refractivity contribution < 1.29 is 21.9 Å². The smallest absolute Gasteiger partial charge is 0.354 e. The van der Waals surface area contributed by atoms with Crippen LogP contribution in [-0.2, 0) is 9.53 Å². The number of esters is 1. The summed E-state index contributed by atoms with van der Waals surface area (Å²) >= 11 is 0. The third-order valence-electron chi connectivity index (χ3n) is 5.41. The number of hydrogen-bond acceptors (Lipinski definition) is 3. The SMILES string of the molecule is C=CCOC(=O)C(c1ccccn1)[P+](c1ccccc1)(c1ccccc1)c1ccccc1.[Cl-]. The summed E-state index contributed by atoms with van der Waals surface area (Å²) in [5.74, 6) is -0.298. The summed E-state index contributed by atoms with van der Waals surface area (Å²) in [5.41, 5.74) is 0.0994. The van der Waals surface area contributed by atoms with Gasteiger partial charge in [0, 0.05) is 6.20 Å². The van der Waals surface area contributed by atoms with E-state index in [4.69, 9.17) is 4.74 Å². The molecule has 4 rings (SSSR count). The van der Waals surface area contributed by atoms with Crippen LogP contribution in [0.1, 0.15) is 11.4 Å². The van der Waals surface area contributed by atoms with Crippen molar-refractivity contribution in [3.63, 3.8) is 0 Å². The minimum Gasteiger partial charge on any atom is -1.00 e. The van der Waals surface area contributed by atoms with Gasteiger partial charge in [0.05, 0.1) is 5.69 Å². The highest BCUT2D eigenvalue weighted by molar-refractivity contribution is 7.96. The number of aromatic nitrogens is 1. The molecule has 1 atom stereocenters. The molecule has 0 aliphatic rings. The molecule has 0 N–H and O–H groups in total. The van der Waals surface area contributed by atoms with Gasteiger partial charge in [0.15, 0.2) is 0 Å². The lowest BCUT2D eigenvalue weighted by molar-refractivity contribution is -0.142. The second-order valence-corrected chi connectivity index (χ2v) is 10.8. The summed E-state index contributed by atoms with van der Waals surface area (Å²) < 4.78 is 5.71. The lowest BCUT2D eigenvalue weighted by Crippen LogP contribution is -3.00. The average molecular weight is 474 g/mol. The van der Waals surface area contributed by atoms with E-state index in [0.29, 0.717) is 5.69 Å². The number of ether oxygens (including phenoxy) is 1. The van der Waals surface area contributed by atoms with E-state index in [1.54, 1.807) is 12.3 Å². The first-order valence-corrected chi connectivity index (χ1v) is 12.4. The predicted octanol–water partition coefficient (Wildman–Crippen LogP) is 1.85. The Morgan fingerprint density at radius 1 is 0.788 bits per heavy atom.